The summed E-state index contributed by atoms with van der Waals surface area (Å²) in [6, 6.07) is 9.96. The van der Waals surface area contributed by atoms with Crippen LogP contribution in [0.25, 0.3) is 11.0 Å². The minimum absolute atomic E-state index is 0.0296. The van der Waals surface area contributed by atoms with E-state index in [-0.39, 0.29) is 44.3 Å². The molecule has 1 saturated heterocycles. The predicted molar refractivity (Wildman–Crippen MR) is 113 cm³/mol. The normalized spacial score (nSPS) is 15.2. The number of hydrogen-bond acceptors (Lipinski definition) is 7. The third-order valence-electron chi connectivity index (χ3n) is 5.08. The standard InChI is InChI=1S/C21H20F2N4O4S/c1-2-31-21(28)18-20(25-17-9-4-3-8-16(17)24-18)26-10-12-27(13-11-26)32(29,30)19-14(22)6-5-7-15(19)23/h3-9H,2,10-13H2,1H3. The lowest BCUT2D eigenvalue weighted by Crippen LogP contribution is -2.49. The number of ether oxygens (including phenoxy) is 1. The van der Waals surface area contributed by atoms with Gasteiger partial charge in [-0.3, -0.25) is 0 Å². The van der Waals surface area contributed by atoms with Crippen LogP contribution in [0.4, 0.5) is 14.6 Å². The van der Waals surface area contributed by atoms with Gasteiger partial charge in [0.2, 0.25) is 10.0 Å². The Kier molecular flexibility index (Phi) is 6.02. The first-order valence-electron chi connectivity index (χ1n) is 9.96. The molecule has 0 aliphatic carbocycles. The van der Waals surface area contributed by atoms with Crippen molar-refractivity contribution >= 4 is 32.8 Å². The number of rotatable bonds is 5. The zero-order valence-electron chi connectivity index (χ0n) is 17.2. The van der Waals surface area contributed by atoms with Crippen LogP contribution >= 0.6 is 0 Å². The lowest BCUT2D eigenvalue weighted by molar-refractivity contribution is 0.0520. The molecule has 2 aromatic carbocycles. The van der Waals surface area contributed by atoms with Crippen molar-refractivity contribution in [1.82, 2.24) is 14.3 Å². The third-order valence-corrected chi connectivity index (χ3v) is 7.03. The van der Waals surface area contributed by atoms with Crippen LogP contribution in [0.2, 0.25) is 0 Å². The number of benzene rings is 2. The molecule has 0 atom stereocenters. The fourth-order valence-corrected chi connectivity index (χ4v) is 5.08. The number of halogens is 2. The number of para-hydroxylation sites is 2. The average Bonchev–Trinajstić information content (AvgIpc) is 2.78. The smallest absolute Gasteiger partial charge is 0.360 e. The number of hydrogen-bond donors (Lipinski definition) is 0. The summed E-state index contributed by atoms with van der Waals surface area (Å²) < 4.78 is 60.0. The van der Waals surface area contributed by atoms with E-state index < -0.39 is 32.5 Å². The van der Waals surface area contributed by atoms with Crippen LogP contribution in [0.1, 0.15) is 17.4 Å². The van der Waals surface area contributed by atoms with Gasteiger partial charge in [0.25, 0.3) is 0 Å². The van der Waals surface area contributed by atoms with Crippen LogP contribution in [0, 0.1) is 11.6 Å². The highest BCUT2D eigenvalue weighted by Gasteiger charge is 2.34. The summed E-state index contributed by atoms with van der Waals surface area (Å²) in [5, 5.41) is 0. The molecule has 0 radical (unpaired) electrons. The number of aromatic nitrogens is 2. The van der Waals surface area contributed by atoms with Crippen molar-refractivity contribution in [3.8, 4) is 0 Å². The fraction of sp³-hybridized carbons (Fsp3) is 0.286. The molecule has 0 unspecified atom stereocenters. The quantitative estimate of drug-likeness (QED) is 0.538. The lowest BCUT2D eigenvalue weighted by Gasteiger charge is -2.35. The topological polar surface area (TPSA) is 92.7 Å². The molecular formula is C21H20F2N4O4S. The van der Waals surface area contributed by atoms with Crippen LogP contribution < -0.4 is 4.90 Å². The Hall–Kier alpha value is -3.18. The van der Waals surface area contributed by atoms with Gasteiger partial charge in [-0.2, -0.15) is 4.31 Å². The minimum Gasteiger partial charge on any atom is -0.461 e. The Morgan fingerprint density at radius 3 is 2.16 bits per heavy atom. The Morgan fingerprint density at radius 2 is 1.56 bits per heavy atom. The van der Waals surface area contributed by atoms with E-state index in [4.69, 9.17) is 4.74 Å². The van der Waals surface area contributed by atoms with Crippen LogP contribution in [0.5, 0.6) is 0 Å². The van der Waals surface area contributed by atoms with E-state index in [1.54, 1.807) is 36.1 Å². The SMILES string of the molecule is CCOC(=O)c1nc2ccccc2nc1N1CCN(S(=O)(=O)c2c(F)cccc2F)CC1. The maximum absolute atomic E-state index is 14.1. The zero-order chi connectivity index (χ0) is 22.9. The molecule has 1 fully saturated rings. The number of carbonyl (C=O) groups excluding carboxylic acids is 1. The Bertz CT molecular complexity index is 1260. The molecule has 11 heteroatoms. The molecule has 168 valence electrons. The first-order valence-corrected chi connectivity index (χ1v) is 11.4. The van der Waals surface area contributed by atoms with Gasteiger partial charge in [-0.15, -0.1) is 0 Å². The van der Waals surface area contributed by atoms with Crippen LogP contribution in [-0.2, 0) is 14.8 Å². The molecular weight excluding hydrogens is 442 g/mol. The zero-order valence-corrected chi connectivity index (χ0v) is 18.0. The molecule has 1 aromatic heterocycles. The third kappa shape index (κ3) is 4.00. The highest BCUT2D eigenvalue weighted by molar-refractivity contribution is 7.89. The average molecular weight is 462 g/mol. The molecule has 4 rings (SSSR count). The second-order valence-corrected chi connectivity index (χ2v) is 8.92. The molecule has 0 amide bonds. The summed E-state index contributed by atoms with van der Waals surface area (Å²) in [4.78, 5) is 22.2. The number of esters is 1. The summed E-state index contributed by atoms with van der Waals surface area (Å²) in [7, 11) is -4.37. The van der Waals surface area contributed by atoms with E-state index in [1.807, 2.05) is 0 Å². The van der Waals surface area contributed by atoms with E-state index >= 15 is 0 Å². The molecule has 8 nitrogen and oxygen atoms in total. The maximum atomic E-state index is 14.1. The van der Waals surface area contributed by atoms with Gasteiger partial charge in [-0.05, 0) is 31.2 Å². The van der Waals surface area contributed by atoms with Crippen LogP contribution in [0.3, 0.4) is 0 Å². The van der Waals surface area contributed by atoms with Crippen molar-refractivity contribution < 1.29 is 26.7 Å². The van der Waals surface area contributed by atoms with Gasteiger partial charge in [0, 0.05) is 26.2 Å². The molecule has 2 heterocycles. The Labute approximate surface area is 183 Å². The minimum atomic E-state index is -4.37. The summed E-state index contributed by atoms with van der Waals surface area (Å²) >= 11 is 0. The number of nitrogens with zero attached hydrogens (tertiary/aromatic N) is 4. The van der Waals surface area contributed by atoms with E-state index in [1.165, 1.54) is 0 Å². The van der Waals surface area contributed by atoms with Crippen LogP contribution in [-0.4, -0.2) is 61.4 Å². The first-order chi connectivity index (χ1) is 15.3. The summed E-state index contributed by atoms with van der Waals surface area (Å²) in [5.74, 6) is -2.64. The van der Waals surface area contributed by atoms with Gasteiger partial charge in [-0.1, -0.05) is 18.2 Å². The number of piperazine rings is 1. The van der Waals surface area contributed by atoms with Crippen molar-refractivity contribution in [3.05, 3.63) is 59.8 Å². The Balaban J connectivity index is 1.63. The van der Waals surface area contributed by atoms with E-state index in [0.29, 0.717) is 11.0 Å². The van der Waals surface area contributed by atoms with Gasteiger partial charge in [0.1, 0.15) is 11.6 Å². The molecule has 0 saturated carbocycles. The molecule has 3 aromatic rings. The van der Waals surface area contributed by atoms with Gasteiger partial charge in [0.05, 0.1) is 17.6 Å². The number of anilines is 1. The molecule has 1 aliphatic rings. The fourth-order valence-electron chi connectivity index (χ4n) is 3.55. The highest BCUT2D eigenvalue weighted by Crippen LogP contribution is 2.27. The maximum Gasteiger partial charge on any atom is 0.360 e. The molecule has 32 heavy (non-hydrogen) atoms. The van der Waals surface area contributed by atoms with Gasteiger partial charge in [-0.25, -0.2) is 32.0 Å². The van der Waals surface area contributed by atoms with Gasteiger partial charge in [0.15, 0.2) is 16.4 Å². The molecule has 0 N–H and O–H groups in total. The number of fused-ring (bicyclic) bond motifs is 1. The molecule has 0 spiro atoms. The number of carbonyl (C=O) groups is 1. The van der Waals surface area contributed by atoms with E-state index in [2.05, 4.69) is 9.97 Å². The first kappa shape index (κ1) is 22.0. The van der Waals surface area contributed by atoms with Crippen molar-refractivity contribution in [2.45, 2.75) is 11.8 Å². The summed E-state index contributed by atoms with van der Waals surface area (Å²) in [5.41, 5.74) is 1.12. The second kappa shape index (κ2) is 8.75. The summed E-state index contributed by atoms with van der Waals surface area (Å²) in [6.07, 6.45) is 0. The number of sulfonamides is 1. The Morgan fingerprint density at radius 1 is 0.969 bits per heavy atom. The lowest BCUT2D eigenvalue weighted by atomic mass is 10.2. The molecule has 0 bridgehead atoms. The largest absolute Gasteiger partial charge is 0.461 e. The van der Waals surface area contributed by atoms with E-state index in [9.17, 15) is 22.0 Å². The van der Waals surface area contributed by atoms with Crippen molar-refractivity contribution in [1.29, 1.82) is 0 Å². The predicted octanol–water partition coefficient (Wildman–Crippen LogP) is 2.60. The van der Waals surface area contributed by atoms with Gasteiger partial charge < -0.3 is 9.64 Å². The van der Waals surface area contributed by atoms with Crippen molar-refractivity contribution in [3.63, 3.8) is 0 Å². The van der Waals surface area contributed by atoms with Crippen molar-refractivity contribution in [2.24, 2.45) is 0 Å². The highest BCUT2D eigenvalue weighted by atomic mass is 32.2. The van der Waals surface area contributed by atoms with Crippen LogP contribution in [0.15, 0.2) is 47.4 Å². The second-order valence-electron chi connectivity index (χ2n) is 7.05. The van der Waals surface area contributed by atoms with E-state index in [0.717, 1.165) is 22.5 Å². The summed E-state index contributed by atoms with van der Waals surface area (Å²) in [6.45, 7) is 2.04. The molecule has 1 aliphatic heterocycles. The van der Waals surface area contributed by atoms with Crippen molar-refractivity contribution in [2.75, 3.05) is 37.7 Å². The monoisotopic (exact) mass is 462 g/mol. The van der Waals surface area contributed by atoms with Gasteiger partial charge >= 0.3 is 5.97 Å².